The van der Waals surface area contributed by atoms with Crippen molar-refractivity contribution in [3.8, 4) is 11.1 Å². The van der Waals surface area contributed by atoms with Gasteiger partial charge < -0.3 is 4.90 Å². The Bertz CT molecular complexity index is 1460. The minimum absolute atomic E-state index is 0.129. The number of sulfonamides is 1. The molecule has 0 saturated carbocycles. The standard InChI is InChI=1S/C25H23N5O4S/c31-24(28-32)20-16-26-25(27-17-20)29-12-14-30(15-13-29)35(33,34)21-10-8-19(9-11-21)23-7-3-5-18-4-1-2-6-22(18)23/h1-11,16-17,32H,12-15H2,(H,28,31). The highest BCUT2D eigenvalue weighted by atomic mass is 32.2. The fourth-order valence-electron chi connectivity index (χ4n) is 4.23. The third-order valence-corrected chi connectivity index (χ3v) is 8.03. The molecule has 1 saturated heterocycles. The highest BCUT2D eigenvalue weighted by Gasteiger charge is 2.29. The first-order chi connectivity index (χ1) is 17.0. The Morgan fingerprint density at radius 2 is 1.51 bits per heavy atom. The largest absolute Gasteiger partial charge is 0.338 e. The second-order valence-corrected chi connectivity index (χ2v) is 10.1. The third-order valence-electron chi connectivity index (χ3n) is 6.12. The molecule has 35 heavy (non-hydrogen) atoms. The van der Waals surface area contributed by atoms with Crippen LogP contribution in [-0.4, -0.2) is 60.0 Å². The van der Waals surface area contributed by atoms with Crippen LogP contribution in [-0.2, 0) is 10.0 Å². The van der Waals surface area contributed by atoms with E-state index in [9.17, 15) is 13.2 Å². The van der Waals surface area contributed by atoms with Crippen LogP contribution in [0.5, 0.6) is 0 Å². The van der Waals surface area contributed by atoms with E-state index in [1.165, 1.54) is 22.2 Å². The molecule has 10 heteroatoms. The van der Waals surface area contributed by atoms with E-state index in [4.69, 9.17) is 5.21 Å². The number of fused-ring (bicyclic) bond motifs is 1. The minimum Gasteiger partial charge on any atom is -0.338 e. The number of benzene rings is 3. The summed E-state index contributed by atoms with van der Waals surface area (Å²) in [6.45, 7) is 1.41. The number of nitrogens with one attached hydrogen (secondary N) is 1. The van der Waals surface area contributed by atoms with E-state index in [-0.39, 0.29) is 23.5 Å². The zero-order valence-corrected chi connectivity index (χ0v) is 19.5. The summed E-state index contributed by atoms with van der Waals surface area (Å²) in [6.07, 6.45) is 2.63. The number of piperazine rings is 1. The normalized spacial score (nSPS) is 14.7. The summed E-state index contributed by atoms with van der Waals surface area (Å²) in [4.78, 5) is 21.8. The molecule has 2 heterocycles. The Kier molecular flexibility index (Phi) is 6.16. The second kappa shape index (κ2) is 9.41. The van der Waals surface area contributed by atoms with Crippen LogP contribution in [0.15, 0.2) is 84.0 Å². The zero-order valence-electron chi connectivity index (χ0n) is 18.7. The first kappa shape index (κ1) is 22.9. The summed E-state index contributed by atoms with van der Waals surface area (Å²) in [5, 5.41) is 10.9. The van der Waals surface area contributed by atoms with Crippen molar-refractivity contribution in [1.29, 1.82) is 0 Å². The van der Waals surface area contributed by atoms with Gasteiger partial charge in [-0.15, -0.1) is 0 Å². The number of hydrogen-bond donors (Lipinski definition) is 2. The average molecular weight is 490 g/mol. The first-order valence-corrected chi connectivity index (χ1v) is 12.5. The fraction of sp³-hybridized carbons (Fsp3) is 0.160. The molecular weight excluding hydrogens is 466 g/mol. The van der Waals surface area contributed by atoms with Crippen molar-refractivity contribution in [1.82, 2.24) is 19.8 Å². The van der Waals surface area contributed by atoms with Gasteiger partial charge in [0.2, 0.25) is 16.0 Å². The van der Waals surface area contributed by atoms with Crippen molar-refractivity contribution in [2.75, 3.05) is 31.1 Å². The molecule has 5 rings (SSSR count). The second-order valence-electron chi connectivity index (χ2n) is 8.15. The van der Waals surface area contributed by atoms with E-state index in [0.29, 0.717) is 19.0 Å². The molecule has 1 aliphatic heterocycles. The summed E-state index contributed by atoms with van der Waals surface area (Å²) >= 11 is 0. The molecule has 0 atom stereocenters. The number of nitrogens with zero attached hydrogens (tertiary/aromatic N) is 4. The van der Waals surface area contributed by atoms with Crippen LogP contribution in [0.4, 0.5) is 5.95 Å². The van der Waals surface area contributed by atoms with Crippen LogP contribution < -0.4 is 10.4 Å². The third kappa shape index (κ3) is 4.46. The number of hydrogen-bond acceptors (Lipinski definition) is 7. The number of carbonyl (C=O) groups excluding carboxylic acids is 1. The number of hydroxylamine groups is 1. The summed E-state index contributed by atoms with van der Waals surface area (Å²) in [5.74, 6) is -0.296. The van der Waals surface area contributed by atoms with E-state index >= 15 is 0 Å². The molecule has 178 valence electrons. The van der Waals surface area contributed by atoms with Crippen LogP contribution in [0.3, 0.4) is 0 Å². The number of amides is 1. The molecule has 0 bridgehead atoms. The molecule has 3 aromatic carbocycles. The van der Waals surface area contributed by atoms with Gasteiger partial charge in [-0.25, -0.2) is 23.9 Å². The Morgan fingerprint density at radius 3 is 2.20 bits per heavy atom. The lowest BCUT2D eigenvalue weighted by Crippen LogP contribution is -2.49. The van der Waals surface area contributed by atoms with Gasteiger partial charge in [-0.2, -0.15) is 4.31 Å². The smallest absolute Gasteiger partial charge is 0.277 e. The predicted octanol–water partition coefficient (Wildman–Crippen LogP) is 2.93. The lowest BCUT2D eigenvalue weighted by molar-refractivity contribution is 0.0705. The first-order valence-electron chi connectivity index (χ1n) is 11.1. The van der Waals surface area contributed by atoms with Crippen molar-refractivity contribution in [3.05, 3.63) is 84.7 Å². The molecule has 0 spiro atoms. The SMILES string of the molecule is O=C(NO)c1cnc(N2CCN(S(=O)(=O)c3ccc(-c4cccc5ccccc45)cc3)CC2)nc1. The molecule has 0 radical (unpaired) electrons. The molecule has 2 N–H and O–H groups in total. The summed E-state index contributed by atoms with van der Waals surface area (Å²) in [6, 6.07) is 21.2. The number of rotatable bonds is 5. The predicted molar refractivity (Wildman–Crippen MR) is 132 cm³/mol. The van der Waals surface area contributed by atoms with Crippen molar-refractivity contribution in [2.24, 2.45) is 0 Å². The van der Waals surface area contributed by atoms with Gasteiger partial charge in [-0.05, 0) is 34.0 Å². The number of carbonyl (C=O) groups is 1. The van der Waals surface area contributed by atoms with Crippen molar-refractivity contribution < 1.29 is 18.4 Å². The Labute approximate surface area is 202 Å². The summed E-state index contributed by atoms with van der Waals surface area (Å²) in [5.41, 5.74) is 3.68. The Balaban J connectivity index is 1.29. The number of aromatic nitrogens is 2. The topological polar surface area (TPSA) is 116 Å². The van der Waals surface area contributed by atoms with Crippen LogP contribution in [0.25, 0.3) is 21.9 Å². The molecule has 1 aliphatic rings. The summed E-state index contributed by atoms with van der Waals surface area (Å²) < 4.78 is 28.0. The van der Waals surface area contributed by atoms with Crippen LogP contribution in [0.1, 0.15) is 10.4 Å². The molecule has 0 unspecified atom stereocenters. The fourth-order valence-corrected chi connectivity index (χ4v) is 5.65. The van der Waals surface area contributed by atoms with E-state index in [0.717, 1.165) is 21.9 Å². The molecule has 1 aromatic heterocycles. The van der Waals surface area contributed by atoms with Crippen molar-refractivity contribution in [3.63, 3.8) is 0 Å². The van der Waals surface area contributed by atoms with Crippen LogP contribution >= 0.6 is 0 Å². The molecule has 1 fully saturated rings. The molecular formula is C25H23N5O4S. The van der Waals surface area contributed by atoms with Crippen molar-refractivity contribution in [2.45, 2.75) is 4.90 Å². The molecule has 4 aromatic rings. The lowest BCUT2D eigenvalue weighted by Gasteiger charge is -2.34. The lowest BCUT2D eigenvalue weighted by atomic mass is 9.98. The Morgan fingerprint density at radius 1 is 0.857 bits per heavy atom. The Hall–Kier alpha value is -3.86. The number of anilines is 1. The zero-order chi connectivity index (χ0) is 24.4. The van der Waals surface area contributed by atoms with Gasteiger partial charge in [0.25, 0.3) is 5.91 Å². The van der Waals surface area contributed by atoms with Crippen molar-refractivity contribution >= 4 is 32.7 Å². The molecule has 9 nitrogen and oxygen atoms in total. The average Bonchev–Trinajstić information content (AvgIpc) is 2.92. The summed E-state index contributed by atoms with van der Waals surface area (Å²) in [7, 11) is -3.65. The maximum atomic E-state index is 13.3. The van der Waals surface area contributed by atoms with Gasteiger partial charge in [-0.1, -0.05) is 54.6 Å². The van der Waals surface area contributed by atoms with Gasteiger partial charge in [0.15, 0.2) is 0 Å². The monoisotopic (exact) mass is 489 g/mol. The van der Waals surface area contributed by atoms with E-state index in [2.05, 4.69) is 28.2 Å². The van der Waals surface area contributed by atoms with Gasteiger partial charge in [0.05, 0.1) is 10.5 Å². The van der Waals surface area contributed by atoms with Gasteiger partial charge in [0.1, 0.15) is 0 Å². The maximum absolute atomic E-state index is 13.3. The van der Waals surface area contributed by atoms with E-state index < -0.39 is 15.9 Å². The van der Waals surface area contributed by atoms with Gasteiger partial charge in [-0.3, -0.25) is 10.0 Å². The van der Waals surface area contributed by atoms with Gasteiger partial charge >= 0.3 is 0 Å². The quantitative estimate of drug-likeness (QED) is 0.327. The van der Waals surface area contributed by atoms with E-state index in [1.807, 2.05) is 41.3 Å². The highest BCUT2D eigenvalue weighted by Crippen LogP contribution is 2.30. The molecule has 0 aliphatic carbocycles. The highest BCUT2D eigenvalue weighted by molar-refractivity contribution is 7.89. The van der Waals surface area contributed by atoms with Gasteiger partial charge in [0, 0.05) is 38.6 Å². The minimum atomic E-state index is -3.65. The maximum Gasteiger partial charge on any atom is 0.277 e. The van der Waals surface area contributed by atoms with Crippen LogP contribution in [0.2, 0.25) is 0 Å². The van der Waals surface area contributed by atoms with E-state index in [1.54, 1.807) is 12.1 Å². The molecule has 1 amide bonds. The van der Waals surface area contributed by atoms with Crippen LogP contribution in [0, 0.1) is 0 Å².